The lowest BCUT2D eigenvalue weighted by molar-refractivity contribution is -0.140. The van der Waals surface area contributed by atoms with Crippen LogP contribution in [0, 0.1) is 6.92 Å². The lowest BCUT2D eigenvalue weighted by Gasteiger charge is -2.36. The highest BCUT2D eigenvalue weighted by molar-refractivity contribution is 7.13. The summed E-state index contributed by atoms with van der Waals surface area (Å²) in [4.78, 5) is 7.91. The minimum absolute atomic E-state index is 0.455. The number of thiazole rings is 1. The molecule has 7 heteroatoms. The van der Waals surface area contributed by atoms with Gasteiger partial charge in [0.1, 0.15) is 0 Å². The molecule has 1 aliphatic heterocycles. The highest BCUT2D eigenvalue weighted by Gasteiger charge is 2.34. The average Bonchev–Trinajstić information content (AvgIpc) is 2.98. The Morgan fingerprint density at radius 1 is 1.05 bits per heavy atom. The molecule has 0 bridgehead atoms. The Morgan fingerprint density at radius 3 is 2.27 bits per heavy atom. The summed E-state index contributed by atoms with van der Waals surface area (Å²) < 4.78 is 37.8. The van der Waals surface area contributed by atoms with Crippen molar-refractivity contribution in [3.05, 3.63) is 40.9 Å². The van der Waals surface area contributed by atoms with Gasteiger partial charge in [0.2, 0.25) is 0 Å². The normalized spacial score (nSPS) is 16.2. The first-order valence-corrected chi connectivity index (χ1v) is 7.91. The second-order valence-corrected chi connectivity index (χ2v) is 6.11. The highest BCUT2D eigenvalue weighted by Crippen LogP contribution is 2.33. The number of para-hydroxylation sites is 1. The molecule has 1 saturated heterocycles. The van der Waals surface area contributed by atoms with Crippen LogP contribution in [0.1, 0.15) is 11.3 Å². The first-order valence-electron chi connectivity index (χ1n) is 7.03. The van der Waals surface area contributed by atoms with Crippen molar-refractivity contribution >= 4 is 22.2 Å². The van der Waals surface area contributed by atoms with E-state index >= 15 is 0 Å². The molecule has 3 rings (SSSR count). The Hall–Kier alpha value is -1.76. The third kappa shape index (κ3) is 3.04. The van der Waals surface area contributed by atoms with Gasteiger partial charge in [-0.15, -0.1) is 11.3 Å². The number of hydrogen-bond donors (Lipinski definition) is 0. The summed E-state index contributed by atoms with van der Waals surface area (Å²) in [6, 6.07) is 8.16. The predicted molar refractivity (Wildman–Crippen MR) is 82.7 cm³/mol. The summed E-state index contributed by atoms with van der Waals surface area (Å²) in [7, 11) is 0. The number of piperazine rings is 1. The molecule has 1 aliphatic rings. The van der Waals surface area contributed by atoms with E-state index in [2.05, 4.69) is 28.9 Å². The van der Waals surface area contributed by atoms with Gasteiger partial charge in [0, 0.05) is 37.2 Å². The Bertz CT molecular complexity index is 645. The highest BCUT2D eigenvalue weighted by atomic mass is 32.1. The van der Waals surface area contributed by atoms with Crippen LogP contribution in [-0.2, 0) is 6.18 Å². The Morgan fingerprint density at radius 2 is 1.68 bits per heavy atom. The van der Waals surface area contributed by atoms with E-state index in [0.29, 0.717) is 18.2 Å². The van der Waals surface area contributed by atoms with Crippen LogP contribution in [-0.4, -0.2) is 31.2 Å². The summed E-state index contributed by atoms with van der Waals surface area (Å²) >= 11 is 1.06. The zero-order valence-electron chi connectivity index (χ0n) is 12.1. The van der Waals surface area contributed by atoms with Gasteiger partial charge >= 0.3 is 6.18 Å². The Labute approximate surface area is 131 Å². The maximum Gasteiger partial charge on any atom is 0.434 e. The number of rotatable bonds is 2. The molecule has 0 N–H and O–H groups in total. The van der Waals surface area contributed by atoms with E-state index in [1.54, 1.807) is 0 Å². The average molecular weight is 327 g/mol. The first kappa shape index (κ1) is 15.1. The maximum absolute atomic E-state index is 12.6. The third-order valence-electron chi connectivity index (χ3n) is 3.79. The van der Waals surface area contributed by atoms with E-state index in [1.165, 1.54) is 11.3 Å². The molecule has 3 nitrogen and oxygen atoms in total. The van der Waals surface area contributed by atoms with Gasteiger partial charge in [-0.05, 0) is 18.6 Å². The lowest BCUT2D eigenvalue weighted by atomic mass is 10.1. The molecule has 0 saturated carbocycles. The second-order valence-electron chi connectivity index (χ2n) is 5.27. The van der Waals surface area contributed by atoms with Gasteiger partial charge in [-0.25, -0.2) is 4.98 Å². The monoisotopic (exact) mass is 327 g/mol. The van der Waals surface area contributed by atoms with E-state index < -0.39 is 11.9 Å². The van der Waals surface area contributed by atoms with Crippen molar-refractivity contribution in [1.82, 2.24) is 4.98 Å². The largest absolute Gasteiger partial charge is 0.434 e. The minimum atomic E-state index is -4.36. The molecular weight excluding hydrogens is 311 g/mol. The minimum Gasteiger partial charge on any atom is -0.368 e. The number of hydrogen-bond acceptors (Lipinski definition) is 4. The molecule has 1 fully saturated rings. The zero-order chi connectivity index (χ0) is 15.7. The Kier molecular flexibility index (Phi) is 3.99. The number of alkyl halides is 3. The second kappa shape index (κ2) is 5.79. The molecule has 0 aliphatic carbocycles. The van der Waals surface area contributed by atoms with Gasteiger partial charge in [-0.1, -0.05) is 18.2 Å². The van der Waals surface area contributed by atoms with E-state index in [1.807, 2.05) is 17.0 Å². The zero-order valence-corrected chi connectivity index (χ0v) is 12.9. The van der Waals surface area contributed by atoms with Crippen molar-refractivity contribution in [3.63, 3.8) is 0 Å². The van der Waals surface area contributed by atoms with Crippen LogP contribution in [0.5, 0.6) is 0 Å². The van der Waals surface area contributed by atoms with Gasteiger partial charge in [0.05, 0.1) is 0 Å². The van der Waals surface area contributed by atoms with Crippen molar-refractivity contribution < 1.29 is 13.2 Å². The summed E-state index contributed by atoms with van der Waals surface area (Å²) in [5, 5.41) is 1.54. The standard InChI is InChI=1S/C15H16F3N3S/c1-11-4-2-3-5-12(11)20-6-8-21(9-7-20)14-19-13(10-22-14)15(16,17)18/h2-5,10H,6-9H2,1H3. The molecule has 0 radical (unpaired) electrons. The van der Waals surface area contributed by atoms with Crippen LogP contribution < -0.4 is 9.80 Å². The fourth-order valence-electron chi connectivity index (χ4n) is 2.60. The van der Waals surface area contributed by atoms with Crippen LogP contribution in [0.3, 0.4) is 0 Å². The van der Waals surface area contributed by atoms with Gasteiger partial charge < -0.3 is 9.80 Å². The fourth-order valence-corrected chi connectivity index (χ4v) is 3.48. The molecule has 1 aromatic carbocycles. The SMILES string of the molecule is Cc1ccccc1N1CCN(c2nc(C(F)(F)F)cs2)CC1. The van der Waals surface area contributed by atoms with E-state index in [4.69, 9.17) is 0 Å². The van der Waals surface area contributed by atoms with Crippen molar-refractivity contribution in [3.8, 4) is 0 Å². The number of halogens is 3. The van der Waals surface area contributed by atoms with Crippen LogP contribution in [0.4, 0.5) is 24.0 Å². The number of anilines is 2. The van der Waals surface area contributed by atoms with E-state index in [-0.39, 0.29) is 0 Å². The first-order chi connectivity index (χ1) is 10.4. The van der Waals surface area contributed by atoms with Crippen molar-refractivity contribution in [1.29, 1.82) is 0 Å². The molecule has 118 valence electrons. The van der Waals surface area contributed by atoms with Gasteiger partial charge in [0.25, 0.3) is 0 Å². The maximum atomic E-state index is 12.6. The summed E-state index contributed by atoms with van der Waals surface area (Å²) in [6.45, 7) is 4.99. The molecule has 1 aromatic heterocycles. The molecule has 0 amide bonds. The van der Waals surface area contributed by atoms with Gasteiger partial charge in [0.15, 0.2) is 10.8 Å². The van der Waals surface area contributed by atoms with E-state index in [0.717, 1.165) is 29.8 Å². The molecule has 0 unspecified atom stereocenters. The van der Waals surface area contributed by atoms with E-state index in [9.17, 15) is 13.2 Å². The molecule has 0 spiro atoms. The predicted octanol–water partition coefficient (Wildman–Crippen LogP) is 3.80. The van der Waals surface area contributed by atoms with Crippen LogP contribution in [0.15, 0.2) is 29.6 Å². The molecule has 2 heterocycles. The fraction of sp³-hybridized carbons (Fsp3) is 0.400. The molecule has 0 atom stereocenters. The molecule has 2 aromatic rings. The number of benzene rings is 1. The van der Waals surface area contributed by atoms with Gasteiger partial charge in [-0.2, -0.15) is 13.2 Å². The summed E-state index contributed by atoms with van der Waals surface area (Å²) in [5.41, 5.74) is 1.61. The van der Waals surface area contributed by atoms with Gasteiger partial charge in [-0.3, -0.25) is 0 Å². The number of aryl methyl sites for hydroxylation is 1. The summed E-state index contributed by atoms with van der Waals surface area (Å²) in [6.07, 6.45) is -4.36. The Balaban J connectivity index is 1.67. The topological polar surface area (TPSA) is 19.4 Å². The third-order valence-corrected chi connectivity index (χ3v) is 4.69. The van der Waals surface area contributed by atoms with Crippen molar-refractivity contribution in [2.45, 2.75) is 13.1 Å². The molecular formula is C15H16F3N3S. The number of nitrogens with zero attached hydrogens (tertiary/aromatic N) is 3. The van der Waals surface area contributed by atoms with Crippen LogP contribution in [0.25, 0.3) is 0 Å². The van der Waals surface area contributed by atoms with Crippen molar-refractivity contribution in [2.75, 3.05) is 36.0 Å². The van der Waals surface area contributed by atoms with Crippen LogP contribution in [0.2, 0.25) is 0 Å². The van der Waals surface area contributed by atoms with Crippen molar-refractivity contribution in [2.24, 2.45) is 0 Å². The number of aromatic nitrogens is 1. The quantitative estimate of drug-likeness (QED) is 0.836. The van der Waals surface area contributed by atoms with Crippen LogP contribution >= 0.6 is 11.3 Å². The smallest absolute Gasteiger partial charge is 0.368 e. The summed E-state index contributed by atoms with van der Waals surface area (Å²) in [5.74, 6) is 0. The lowest BCUT2D eigenvalue weighted by Crippen LogP contribution is -2.46. The molecule has 22 heavy (non-hydrogen) atoms.